The molecule has 1 aliphatic rings. The fraction of sp³-hybridized carbons (Fsp3) is 0.286. The summed E-state index contributed by atoms with van der Waals surface area (Å²) in [6.45, 7) is 2.91. The molecule has 0 amide bonds. The van der Waals surface area contributed by atoms with Crippen LogP contribution in [0.1, 0.15) is 11.3 Å². The van der Waals surface area contributed by atoms with Crippen LogP contribution in [0.5, 0.6) is 23.3 Å². The first-order valence-electron chi connectivity index (χ1n) is 6.31. The SMILES string of the molecule is CNCc1cnc(Oc2ccc3c(c2)OCO3)nc1C. The van der Waals surface area contributed by atoms with Gasteiger partial charge in [0.05, 0.1) is 0 Å². The first-order valence-corrected chi connectivity index (χ1v) is 6.31. The van der Waals surface area contributed by atoms with E-state index in [4.69, 9.17) is 14.2 Å². The highest BCUT2D eigenvalue weighted by Crippen LogP contribution is 2.36. The van der Waals surface area contributed by atoms with Gasteiger partial charge in [0, 0.05) is 30.1 Å². The lowest BCUT2D eigenvalue weighted by atomic mass is 10.2. The first kappa shape index (κ1) is 12.7. The lowest BCUT2D eigenvalue weighted by molar-refractivity contribution is 0.174. The largest absolute Gasteiger partial charge is 0.454 e. The van der Waals surface area contributed by atoms with Gasteiger partial charge in [-0.15, -0.1) is 0 Å². The molecule has 1 aromatic carbocycles. The Morgan fingerprint density at radius 2 is 2.15 bits per heavy atom. The summed E-state index contributed by atoms with van der Waals surface area (Å²) in [5.41, 5.74) is 1.94. The van der Waals surface area contributed by atoms with E-state index in [0.717, 1.165) is 23.6 Å². The third-order valence-corrected chi connectivity index (χ3v) is 2.98. The van der Waals surface area contributed by atoms with Crippen LogP contribution in [0.2, 0.25) is 0 Å². The molecule has 2 aromatic rings. The van der Waals surface area contributed by atoms with Crippen molar-refractivity contribution in [3.8, 4) is 23.3 Å². The standard InChI is InChI=1S/C14H15N3O3/c1-9-10(6-15-2)7-16-14(17-9)20-11-3-4-12-13(5-11)19-8-18-12/h3-5,7,15H,6,8H2,1-2H3. The Morgan fingerprint density at radius 1 is 1.30 bits per heavy atom. The van der Waals surface area contributed by atoms with E-state index < -0.39 is 0 Å². The number of rotatable bonds is 4. The van der Waals surface area contributed by atoms with Gasteiger partial charge in [0.25, 0.3) is 0 Å². The van der Waals surface area contributed by atoms with Gasteiger partial charge in [-0.3, -0.25) is 0 Å². The van der Waals surface area contributed by atoms with Crippen molar-refractivity contribution in [1.82, 2.24) is 15.3 Å². The van der Waals surface area contributed by atoms with Crippen molar-refractivity contribution in [2.45, 2.75) is 13.5 Å². The molecule has 6 nitrogen and oxygen atoms in total. The van der Waals surface area contributed by atoms with E-state index >= 15 is 0 Å². The molecule has 0 bridgehead atoms. The Kier molecular flexibility index (Phi) is 3.39. The second-order valence-electron chi connectivity index (χ2n) is 4.41. The van der Waals surface area contributed by atoms with E-state index in [1.807, 2.05) is 14.0 Å². The predicted molar refractivity (Wildman–Crippen MR) is 72.2 cm³/mol. The van der Waals surface area contributed by atoms with Crippen LogP contribution in [0.15, 0.2) is 24.4 Å². The summed E-state index contributed by atoms with van der Waals surface area (Å²) in [4.78, 5) is 8.54. The number of aromatic nitrogens is 2. The van der Waals surface area contributed by atoms with Crippen LogP contribution in [0.4, 0.5) is 0 Å². The number of hydrogen-bond acceptors (Lipinski definition) is 6. The monoisotopic (exact) mass is 273 g/mol. The molecule has 0 saturated heterocycles. The molecule has 6 heteroatoms. The molecule has 1 aromatic heterocycles. The summed E-state index contributed by atoms with van der Waals surface area (Å²) in [7, 11) is 1.89. The summed E-state index contributed by atoms with van der Waals surface area (Å²) >= 11 is 0. The zero-order valence-corrected chi connectivity index (χ0v) is 11.3. The maximum Gasteiger partial charge on any atom is 0.322 e. The number of hydrogen-bond donors (Lipinski definition) is 1. The second kappa shape index (κ2) is 5.34. The molecule has 0 aliphatic carbocycles. The number of fused-ring (bicyclic) bond motifs is 1. The van der Waals surface area contributed by atoms with E-state index in [1.165, 1.54) is 0 Å². The molecule has 1 N–H and O–H groups in total. The molecular formula is C14H15N3O3. The molecule has 20 heavy (non-hydrogen) atoms. The third-order valence-electron chi connectivity index (χ3n) is 2.98. The summed E-state index contributed by atoms with van der Waals surface area (Å²) in [6.07, 6.45) is 1.77. The summed E-state index contributed by atoms with van der Waals surface area (Å²) in [5, 5.41) is 3.07. The van der Waals surface area contributed by atoms with E-state index in [0.29, 0.717) is 17.5 Å². The number of benzene rings is 1. The molecule has 3 rings (SSSR count). The minimum Gasteiger partial charge on any atom is -0.454 e. The van der Waals surface area contributed by atoms with Gasteiger partial charge in [-0.05, 0) is 26.1 Å². The highest BCUT2D eigenvalue weighted by molar-refractivity contribution is 5.47. The molecule has 1 aliphatic heterocycles. The van der Waals surface area contributed by atoms with Crippen molar-refractivity contribution in [2.24, 2.45) is 0 Å². The molecule has 0 radical (unpaired) electrons. The van der Waals surface area contributed by atoms with E-state index in [9.17, 15) is 0 Å². The highest BCUT2D eigenvalue weighted by Gasteiger charge is 2.14. The van der Waals surface area contributed by atoms with Gasteiger partial charge < -0.3 is 19.5 Å². The summed E-state index contributed by atoms with van der Waals surface area (Å²) in [6, 6.07) is 5.69. The Balaban J connectivity index is 1.79. The summed E-state index contributed by atoms with van der Waals surface area (Å²) < 4.78 is 16.2. The van der Waals surface area contributed by atoms with Crippen LogP contribution >= 0.6 is 0 Å². The van der Waals surface area contributed by atoms with Crippen LogP contribution in [0.3, 0.4) is 0 Å². The van der Waals surface area contributed by atoms with Gasteiger partial charge >= 0.3 is 6.01 Å². The van der Waals surface area contributed by atoms with Crippen LogP contribution in [0.25, 0.3) is 0 Å². The van der Waals surface area contributed by atoms with Gasteiger partial charge in [-0.2, -0.15) is 4.98 Å². The molecule has 0 unspecified atom stereocenters. The zero-order valence-electron chi connectivity index (χ0n) is 11.3. The zero-order chi connectivity index (χ0) is 13.9. The van der Waals surface area contributed by atoms with Crippen molar-refractivity contribution in [1.29, 1.82) is 0 Å². The molecule has 104 valence electrons. The van der Waals surface area contributed by atoms with E-state index in [-0.39, 0.29) is 6.79 Å². The Hall–Kier alpha value is -2.34. The number of ether oxygens (including phenoxy) is 3. The van der Waals surface area contributed by atoms with Gasteiger partial charge in [-0.25, -0.2) is 4.98 Å². The van der Waals surface area contributed by atoms with Crippen molar-refractivity contribution < 1.29 is 14.2 Å². The average molecular weight is 273 g/mol. The molecule has 0 atom stereocenters. The lowest BCUT2D eigenvalue weighted by Gasteiger charge is -2.08. The maximum atomic E-state index is 5.64. The van der Waals surface area contributed by atoms with Gasteiger partial charge in [0.2, 0.25) is 6.79 Å². The van der Waals surface area contributed by atoms with Crippen LogP contribution in [-0.4, -0.2) is 23.8 Å². The van der Waals surface area contributed by atoms with Crippen molar-refractivity contribution in [2.75, 3.05) is 13.8 Å². The topological polar surface area (TPSA) is 65.5 Å². The minimum absolute atomic E-state index is 0.243. The van der Waals surface area contributed by atoms with Crippen LogP contribution in [-0.2, 0) is 6.54 Å². The predicted octanol–water partition coefficient (Wildman–Crippen LogP) is 2.03. The van der Waals surface area contributed by atoms with Crippen molar-refractivity contribution >= 4 is 0 Å². The number of aryl methyl sites for hydroxylation is 1. The Morgan fingerprint density at radius 3 is 2.95 bits per heavy atom. The maximum absolute atomic E-state index is 5.64. The fourth-order valence-electron chi connectivity index (χ4n) is 1.93. The fourth-order valence-corrected chi connectivity index (χ4v) is 1.93. The lowest BCUT2D eigenvalue weighted by Crippen LogP contribution is -2.08. The third kappa shape index (κ3) is 2.50. The normalized spacial score (nSPS) is 12.5. The van der Waals surface area contributed by atoms with Gasteiger partial charge in [0.15, 0.2) is 11.5 Å². The quantitative estimate of drug-likeness (QED) is 0.919. The van der Waals surface area contributed by atoms with Crippen molar-refractivity contribution in [3.63, 3.8) is 0 Å². The number of nitrogens with one attached hydrogen (secondary N) is 1. The molecule has 0 fully saturated rings. The minimum atomic E-state index is 0.243. The highest BCUT2D eigenvalue weighted by atomic mass is 16.7. The number of nitrogens with zero attached hydrogens (tertiary/aromatic N) is 2. The Labute approximate surface area is 116 Å². The average Bonchev–Trinajstić information content (AvgIpc) is 2.89. The molecule has 2 heterocycles. The van der Waals surface area contributed by atoms with Crippen molar-refractivity contribution in [3.05, 3.63) is 35.7 Å². The van der Waals surface area contributed by atoms with Crippen LogP contribution < -0.4 is 19.5 Å². The second-order valence-corrected chi connectivity index (χ2v) is 4.41. The van der Waals surface area contributed by atoms with Gasteiger partial charge in [-0.1, -0.05) is 0 Å². The first-order chi connectivity index (χ1) is 9.76. The summed E-state index contributed by atoms with van der Waals surface area (Å²) in [5.74, 6) is 2.01. The molecular weight excluding hydrogens is 258 g/mol. The van der Waals surface area contributed by atoms with Crippen LogP contribution in [0, 0.1) is 6.92 Å². The molecule has 0 saturated carbocycles. The molecule has 0 spiro atoms. The van der Waals surface area contributed by atoms with E-state index in [2.05, 4.69) is 15.3 Å². The van der Waals surface area contributed by atoms with E-state index in [1.54, 1.807) is 24.4 Å². The smallest absolute Gasteiger partial charge is 0.322 e. The van der Waals surface area contributed by atoms with Gasteiger partial charge in [0.1, 0.15) is 5.75 Å². The Bertz CT molecular complexity index is 631.